The Morgan fingerprint density at radius 3 is 3.08 bits per heavy atom. The predicted octanol–water partition coefficient (Wildman–Crippen LogP) is -0.852. The number of carbonyl (C=O) groups is 2. The maximum atomic E-state index is 11.1. The van der Waals surface area contributed by atoms with Crippen LogP contribution in [0.3, 0.4) is 0 Å². The topological polar surface area (TPSA) is 61.4 Å². The molecule has 0 spiro atoms. The predicted molar refractivity (Wildman–Crippen MR) is 43.7 cm³/mol. The summed E-state index contributed by atoms with van der Waals surface area (Å²) in [5, 5.41) is 5.14. The monoisotopic (exact) mass is 171 g/mol. The summed E-state index contributed by atoms with van der Waals surface area (Å²) >= 11 is 0. The van der Waals surface area contributed by atoms with E-state index >= 15 is 0 Å². The normalized spacial score (nSPS) is 17.1. The molecule has 1 aliphatic heterocycles. The highest BCUT2D eigenvalue weighted by molar-refractivity contribution is 5.84. The van der Waals surface area contributed by atoms with Crippen molar-refractivity contribution >= 4 is 11.9 Å². The van der Waals surface area contributed by atoms with Crippen LogP contribution in [-0.4, -0.2) is 43.5 Å². The Bertz CT molecular complexity index is 193. The number of nitrogens with one attached hydrogen (secondary N) is 2. The third-order valence-corrected chi connectivity index (χ3v) is 1.78. The fourth-order valence-corrected chi connectivity index (χ4v) is 1.08. The number of amides is 3. The zero-order valence-corrected chi connectivity index (χ0v) is 7.09. The van der Waals surface area contributed by atoms with Crippen LogP contribution in [0, 0.1) is 0 Å². The molecule has 12 heavy (non-hydrogen) atoms. The van der Waals surface area contributed by atoms with Crippen LogP contribution in [0.5, 0.6) is 0 Å². The fourth-order valence-electron chi connectivity index (χ4n) is 1.08. The first-order valence-electron chi connectivity index (χ1n) is 3.97. The number of carbonyl (C=O) groups excluding carboxylic acids is 2. The van der Waals surface area contributed by atoms with Crippen LogP contribution in [0.25, 0.3) is 0 Å². The van der Waals surface area contributed by atoms with Crippen LogP contribution < -0.4 is 10.6 Å². The van der Waals surface area contributed by atoms with Gasteiger partial charge in [-0.25, -0.2) is 4.79 Å². The molecule has 1 aliphatic rings. The van der Waals surface area contributed by atoms with Crippen LogP contribution in [0.15, 0.2) is 0 Å². The van der Waals surface area contributed by atoms with Gasteiger partial charge in [-0.05, 0) is 6.42 Å². The zero-order chi connectivity index (χ0) is 8.97. The molecule has 0 unspecified atom stereocenters. The molecular formula is C7H13N3O2. The van der Waals surface area contributed by atoms with Crippen molar-refractivity contribution in [1.82, 2.24) is 15.5 Å². The van der Waals surface area contributed by atoms with Gasteiger partial charge in [-0.3, -0.25) is 4.79 Å². The Balaban J connectivity index is 2.39. The molecule has 5 nitrogen and oxygen atoms in total. The molecule has 0 radical (unpaired) electrons. The standard InChI is InChI=1S/C7H13N3O2/c1-8-6(11)5-10-4-2-3-9-7(10)12/h2-5H2,1H3,(H,8,11)(H,9,12). The minimum atomic E-state index is -0.148. The first-order valence-corrected chi connectivity index (χ1v) is 3.97. The molecule has 1 rings (SSSR count). The second-order valence-electron chi connectivity index (χ2n) is 2.68. The van der Waals surface area contributed by atoms with Crippen molar-refractivity contribution in [3.8, 4) is 0 Å². The average molecular weight is 171 g/mol. The minimum absolute atomic E-state index is 0.132. The van der Waals surface area contributed by atoms with Gasteiger partial charge in [0.25, 0.3) is 0 Å². The summed E-state index contributed by atoms with van der Waals surface area (Å²) in [6, 6.07) is -0.148. The summed E-state index contributed by atoms with van der Waals surface area (Å²) in [7, 11) is 1.56. The first-order chi connectivity index (χ1) is 5.74. The molecule has 0 aromatic heterocycles. The molecule has 5 heteroatoms. The lowest BCUT2D eigenvalue weighted by molar-refractivity contribution is -0.121. The smallest absolute Gasteiger partial charge is 0.317 e. The van der Waals surface area contributed by atoms with Gasteiger partial charge in [0.05, 0.1) is 0 Å². The summed E-state index contributed by atoms with van der Waals surface area (Å²) in [6.45, 7) is 1.53. The van der Waals surface area contributed by atoms with E-state index in [0.717, 1.165) is 6.42 Å². The van der Waals surface area contributed by atoms with Crippen molar-refractivity contribution in [2.24, 2.45) is 0 Å². The minimum Gasteiger partial charge on any atom is -0.358 e. The van der Waals surface area contributed by atoms with Crippen LogP contribution in [0.2, 0.25) is 0 Å². The third-order valence-electron chi connectivity index (χ3n) is 1.78. The van der Waals surface area contributed by atoms with Gasteiger partial charge in [-0.1, -0.05) is 0 Å². The maximum absolute atomic E-state index is 11.1. The van der Waals surface area contributed by atoms with Gasteiger partial charge in [0.2, 0.25) is 5.91 Å². The molecule has 2 N–H and O–H groups in total. The van der Waals surface area contributed by atoms with Gasteiger partial charge in [-0.15, -0.1) is 0 Å². The van der Waals surface area contributed by atoms with Gasteiger partial charge >= 0.3 is 6.03 Å². The van der Waals surface area contributed by atoms with E-state index in [1.807, 2.05) is 0 Å². The van der Waals surface area contributed by atoms with E-state index in [1.54, 1.807) is 7.05 Å². The number of hydrogen-bond donors (Lipinski definition) is 2. The summed E-state index contributed by atoms with van der Waals surface area (Å²) in [5.74, 6) is -0.132. The van der Waals surface area contributed by atoms with E-state index in [1.165, 1.54) is 4.90 Å². The SMILES string of the molecule is CNC(=O)CN1CCCNC1=O. The summed E-state index contributed by atoms with van der Waals surface area (Å²) in [6.07, 6.45) is 0.905. The maximum Gasteiger partial charge on any atom is 0.317 e. The highest BCUT2D eigenvalue weighted by atomic mass is 16.2. The Hall–Kier alpha value is -1.26. The molecule has 1 fully saturated rings. The summed E-state index contributed by atoms with van der Waals surface area (Å²) < 4.78 is 0. The second kappa shape index (κ2) is 3.94. The van der Waals surface area contributed by atoms with Gasteiger partial charge in [0.15, 0.2) is 0 Å². The largest absolute Gasteiger partial charge is 0.358 e. The molecule has 0 bridgehead atoms. The summed E-state index contributed by atoms with van der Waals surface area (Å²) in [4.78, 5) is 23.5. The molecule has 0 aromatic carbocycles. The van der Waals surface area contributed by atoms with E-state index in [4.69, 9.17) is 0 Å². The van der Waals surface area contributed by atoms with E-state index in [2.05, 4.69) is 10.6 Å². The van der Waals surface area contributed by atoms with Crippen molar-refractivity contribution in [1.29, 1.82) is 0 Å². The van der Waals surface area contributed by atoms with E-state index in [9.17, 15) is 9.59 Å². The Morgan fingerprint density at radius 2 is 2.50 bits per heavy atom. The molecule has 3 amide bonds. The lowest BCUT2D eigenvalue weighted by atomic mass is 10.3. The highest BCUT2D eigenvalue weighted by Gasteiger charge is 2.18. The van der Waals surface area contributed by atoms with E-state index in [-0.39, 0.29) is 18.5 Å². The second-order valence-corrected chi connectivity index (χ2v) is 2.68. The number of hydrogen-bond acceptors (Lipinski definition) is 2. The van der Waals surface area contributed by atoms with Crippen molar-refractivity contribution in [3.63, 3.8) is 0 Å². The highest BCUT2D eigenvalue weighted by Crippen LogP contribution is 1.97. The number of urea groups is 1. The van der Waals surface area contributed by atoms with Gasteiger partial charge in [0, 0.05) is 20.1 Å². The van der Waals surface area contributed by atoms with Crippen molar-refractivity contribution in [3.05, 3.63) is 0 Å². The Morgan fingerprint density at radius 1 is 1.75 bits per heavy atom. The fraction of sp³-hybridized carbons (Fsp3) is 0.714. The third kappa shape index (κ3) is 2.11. The van der Waals surface area contributed by atoms with Crippen molar-refractivity contribution < 1.29 is 9.59 Å². The number of nitrogens with zero attached hydrogens (tertiary/aromatic N) is 1. The quantitative estimate of drug-likeness (QED) is 0.568. The Kier molecular flexibility index (Phi) is 2.90. The molecule has 0 aliphatic carbocycles. The lowest BCUT2D eigenvalue weighted by Crippen LogP contribution is -2.49. The summed E-state index contributed by atoms with van der Waals surface area (Å²) in [5.41, 5.74) is 0. The molecule has 68 valence electrons. The average Bonchev–Trinajstić information content (AvgIpc) is 2.09. The van der Waals surface area contributed by atoms with Crippen molar-refractivity contribution in [2.45, 2.75) is 6.42 Å². The first kappa shape index (κ1) is 8.83. The number of rotatable bonds is 2. The van der Waals surface area contributed by atoms with Crippen molar-refractivity contribution in [2.75, 3.05) is 26.7 Å². The molecular weight excluding hydrogens is 158 g/mol. The van der Waals surface area contributed by atoms with Crippen LogP contribution >= 0.6 is 0 Å². The van der Waals surface area contributed by atoms with Gasteiger partial charge in [0.1, 0.15) is 6.54 Å². The van der Waals surface area contributed by atoms with E-state index in [0.29, 0.717) is 13.1 Å². The molecule has 0 atom stereocenters. The molecule has 1 heterocycles. The molecule has 0 aromatic rings. The zero-order valence-electron chi connectivity index (χ0n) is 7.09. The van der Waals surface area contributed by atoms with Gasteiger partial charge in [-0.2, -0.15) is 0 Å². The molecule has 1 saturated heterocycles. The number of likely N-dealkylation sites (N-methyl/N-ethyl adjacent to an activating group) is 1. The lowest BCUT2D eigenvalue weighted by Gasteiger charge is -2.26. The van der Waals surface area contributed by atoms with Crippen LogP contribution in [0.1, 0.15) is 6.42 Å². The molecule has 0 saturated carbocycles. The van der Waals surface area contributed by atoms with Gasteiger partial charge < -0.3 is 15.5 Å². The van der Waals surface area contributed by atoms with E-state index < -0.39 is 0 Å². The van der Waals surface area contributed by atoms with Crippen LogP contribution in [0.4, 0.5) is 4.79 Å². The van der Waals surface area contributed by atoms with Crippen LogP contribution in [-0.2, 0) is 4.79 Å². The Labute approximate surface area is 71.1 Å².